The van der Waals surface area contributed by atoms with Gasteiger partial charge in [0.2, 0.25) is 0 Å². The molecule has 10 rings (SSSR count). The van der Waals surface area contributed by atoms with E-state index >= 15 is 0 Å². The molecule has 2 aromatic heterocycles. The number of benzene rings is 7. The van der Waals surface area contributed by atoms with Crippen LogP contribution in [0.5, 0.6) is 5.75 Å². The van der Waals surface area contributed by atoms with Crippen LogP contribution in [-0.4, -0.2) is 15.0 Å². The molecule has 0 radical (unpaired) electrons. The summed E-state index contributed by atoms with van der Waals surface area (Å²) in [7, 11) is 0. The van der Waals surface area contributed by atoms with Gasteiger partial charge in [-0.15, -0.1) is 11.3 Å². The Bertz CT molecular complexity index is 2750. The van der Waals surface area contributed by atoms with Crippen molar-refractivity contribution in [2.24, 2.45) is 0 Å². The third-order valence-electron chi connectivity index (χ3n) is 9.65. The first-order valence-corrected chi connectivity index (χ1v) is 17.9. The van der Waals surface area contributed by atoms with Gasteiger partial charge < -0.3 is 4.74 Å². The van der Waals surface area contributed by atoms with Crippen LogP contribution in [0.1, 0.15) is 5.56 Å². The number of nitrogens with zero attached hydrogens (tertiary/aromatic N) is 3. The highest BCUT2D eigenvalue weighted by Crippen LogP contribution is 2.44. The maximum atomic E-state index is 6.07. The first-order valence-electron chi connectivity index (χ1n) is 17.0. The second-order valence-corrected chi connectivity index (χ2v) is 13.8. The molecule has 0 unspecified atom stereocenters. The largest absolute Gasteiger partial charge is 0.488 e. The summed E-state index contributed by atoms with van der Waals surface area (Å²) in [6.07, 6.45) is 0. The van der Waals surface area contributed by atoms with E-state index in [0.717, 1.165) is 44.7 Å². The number of rotatable bonds is 5. The van der Waals surface area contributed by atoms with Crippen molar-refractivity contribution in [2.75, 3.05) is 0 Å². The number of ether oxygens (including phenoxy) is 1. The van der Waals surface area contributed by atoms with Crippen molar-refractivity contribution >= 4 is 31.5 Å². The lowest BCUT2D eigenvalue weighted by molar-refractivity contribution is 0.302. The van der Waals surface area contributed by atoms with Crippen LogP contribution in [-0.2, 0) is 6.61 Å². The average molecular weight is 672 g/mol. The fourth-order valence-corrected chi connectivity index (χ4v) is 8.39. The van der Waals surface area contributed by atoms with E-state index in [1.807, 2.05) is 18.2 Å². The second kappa shape index (κ2) is 12.2. The van der Waals surface area contributed by atoms with Gasteiger partial charge in [0, 0.05) is 42.4 Å². The Morgan fingerprint density at radius 2 is 1.06 bits per heavy atom. The van der Waals surface area contributed by atoms with Crippen LogP contribution >= 0.6 is 11.3 Å². The zero-order chi connectivity index (χ0) is 33.7. The van der Waals surface area contributed by atoms with Gasteiger partial charge in [-0.05, 0) is 57.6 Å². The predicted molar refractivity (Wildman–Crippen MR) is 210 cm³/mol. The lowest BCUT2D eigenvalue weighted by atomic mass is 9.89. The molecule has 1 aliphatic rings. The van der Waals surface area contributed by atoms with E-state index in [1.54, 1.807) is 11.3 Å². The Kier molecular flexibility index (Phi) is 7.03. The molecule has 0 atom stereocenters. The van der Waals surface area contributed by atoms with E-state index in [9.17, 15) is 0 Å². The molecule has 4 nitrogen and oxygen atoms in total. The molecule has 0 saturated heterocycles. The molecule has 240 valence electrons. The number of para-hydroxylation sites is 1. The van der Waals surface area contributed by atoms with Crippen LogP contribution < -0.4 is 4.74 Å². The molecule has 0 fully saturated rings. The SMILES string of the molecule is c1ccc(-c2cccc(-c3nc(-c4ccc(-c5cccc6c5-c5ccccc5OC6)cc4)nc(-c4cccc5c4sc4ccccc45)n3)c2)cc1. The van der Waals surface area contributed by atoms with Crippen LogP contribution in [0.4, 0.5) is 0 Å². The molecular weight excluding hydrogens is 643 g/mol. The zero-order valence-corrected chi connectivity index (χ0v) is 28.3. The number of hydrogen-bond donors (Lipinski definition) is 0. The summed E-state index contributed by atoms with van der Waals surface area (Å²) in [6.45, 7) is 0.562. The van der Waals surface area contributed by atoms with Gasteiger partial charge in [0.1, 0.15) is 12.4 Å². The van der Waals surface area contributed by atoms with E-state index in [2.05, 4.69) is 146 Å². The number of aromatic nitrogens is 3. The molecule has 3 heterocycles. The Balaban J connectivity index is 1.12. The molecule has 0 spiro atoms. The fraction of sp³-hybridized carbons (Fsp3) is 0.0217. The monoisotopic (exact) mass is 671 g/mol. The van der Waals surface area contributed by atoms with Crippen molar-refractivity contribution in [1.29, 1.82) is 0 Å². The van der Waals surface area contributed by atoms with E-state index in [0.29, 0.717) is 24.1 Å². The van der Waals surface area contributed by atoms with E-state index < -0.39 is 0 Å². The molecule has 5 heteroatoms. The quantitative estimate of drug-likeness (QED) is 0.183. The van der Waals surface area contributed by atoms with Crippen molar-refractivity contribution in [3.05, 3.63) is 169 Å². The topological polar surface area (TPSA) is 47.9 Å². The van der Waals surface area contributed by atoms with E-state index in [4.69, 9.17) is 19.7 Å². The normalized spacial score (nSPS) is 12.0. The Hall–Kier alpha value is -6.43. The van der Waals surface area contributed by atoms with Gasteiger partial charge in [0.15, 0.2) is 17.5 Å². The minimum atomic E-state index is 0.562. The lowest BCUT2D eigenvalue weighted by Crippen LogP contribution is -2.06. The summed E-state index contributed by atoms with van der Waals surface area (Å²) in [5.74, 6) is 2.86. The average Bonchev–Trinajstić information content (AvgIpc) is 3.60. The minimum absolute atomic E-state index is 0.562. The number of thiophene rings is 1. The van der Waals surface area contributed by atoms with Gasteiger partial charge in [0.05, 0.1) is 0 Å². The van der Waals surface area contributed by atoms with Crippen LogP contribution in [0.25, 0.3) is 87.7 Å². The molecule has 0 amide bonds. The molecule has 51 heavy (non-hydrogen) atoms. The highest BCUT2D eigenvalue weighted by Gasteiger charge is 2.21. The second-order valence-electron chi connectivity index (χ2n) is 12.7. The molecule has 0 saturated carbocycles. The molecule has 1 aliphatic heterocycles. The molecule has 0 bridgehead atoms. The van der Waals surface area contributed by atoms with Crippen molar-refractivity contribution in [2.45, 2.75) is 6.61 Å². The first-order chi connectivity index (χ1) is 25.3. The predicted octanol–water partition coefficient (Wildman–Crippen LogP) is 12.1. The fourth-order valence-electron chi connectivity index (χ4n) is 7.18. The zero-order valence-electron chi connectivity index (χ0n) is 27.5. The summed E-state index contributed by atoms with van der Waals surface area (Å²) >= 11 is 1.78. The Morgan fingerprint density at radius 3 is 1.96 bits per heavy atom. The van der Waals surface area contributed by atoms with Crippen LogP contribution in [0.2, 0.25) is 0 Å². The first kappa shape index (κ1) is 29.5. The molecule has 7 aromatic carbocycles. The summed E-state index contributed by atoms with van der Waals surface area (Å²) in [5, 5.41) is 2.46. The third-order valence-corrected chi connectivity index (χ3v) is 10.9. The molecule has 0 aliphatic carbocycles. The third kappa shape index (κ3) is 5.18. The van der Waals surface area contributed by atoms with Crippen molar-refractivity contribution < 1.29 is 4.74 Å². The summed E-state index contributed by atoms with van der Waals surface area (Å²) in [6, 6.07) is 57.2. The standard InChI is InChI=1S/C46H29N3OS/c1-2-11-29(12-3-1)32-13-8-14-33(27-32)45-47-44(48-46(49-45)39-20-10-19-37-36-16-5-7-22-41(36)51-43(37)39)31-25-23-30(24-26-31)35-18-9-15-34-28-50-40-21-6-4-17-38(40)42(34)35/h1-27H,28H2. The van der Waals surface area contributed by atoms with E-state index in [-0.39, 0.29) is 0 Å². The van der Waals surface area contributed by atoms with Gasteiger partial charge in [-0.2, -0.15) is 0 Å². The van der Waals surface area contributed by atoms with Gasteiger partial charge in [0.25, 0.3) is 0 Å². The van der Waals surface area contributed by atoms with Crippen LogP contribution in [0.15, 0.2) is 164 Å². The molecular formula is C46H29N3OS. The Labute approximate surface area is 299 Å². The highest BCUT2D eigenvalue weighted by atomic mass is 32.1. The number of fused-ring (bicyclic) bond motifs is 6. The van der Waals surface area contributed by atoms with Gasteiger partial charge in [-0.25, -0.2) is 15.0 Å². The summed E-state index contributed by atoms with van der Waals surface area (Å²) in [5.41, 5.74) is 11.0. The maximum Gasteiger partial charge on any atom is 0.165 e. The van der Waals surface area contributed by atoms with Gasteiger partial charge >= 0.3 is 0 Å². The smallest absolute Gasteiger partial charge is 0.165 e. The van der Waals surface area contributed by atoms with Crippen LogP contribution in [0, 0.1) is 0 Å². The highest BCUT2D eigenvalue weighted by molar-refractivity contribution is 7.26. The Morgan fingerprint density at radius 1 is 0.431 bits per heavy atom. The van der Waals surface area contributed by atoms with Crippen LogP contribution in [0.3, 0.4) is 0 Å². The van der Waals surface area contributed by atoms with Crippen molar-refractivity contribution in [1.82, 2.24) is 15.0 Å². The van der Waals surface area contributed by atoms with Crippen molar-refractivity contribution in [3.8, 4) is 73.3 Å². The van der Waals surface area contributed by atoms with Crippen molar-refractivity contribution in [3.63, 3.8) is 0 Å². The summed E-state index contributed by atoms with van der Waals surface area (Å²) in [4.78, 5) is 15.5. The minimum Gasteiger partial charge on any atom is -0.488 e. The van der Waals surface area contributed by atoms with E-state index in [1.165, 1.54) is 36.9 Å². The molecule has 0 N–H and O–H groups in total. The molecule has 9 aromatic rings. The van der Waals surface area contributed by atoms with Gasteiger partial charge in [-0.3, -0.25) is 0 Å². The maximum absolute atomic E-state index is 6.07. The van der Waals surface area contributed by atoms with Gasteiger partial charge in [-0.1, -0.05) is 140 Å². The number of hydrogen-bond acceptors (Lipinski definition) is 5. The summed E-state index contributed by atoms with van der Waals surface area (Å²) < 4.78 is 8.49. The lowest BCUT2D eigenvalue weighted by Gasteiger charge is -2.23.